The molecule has 0 aliphatic rings. The van der Waals surface area contributed by atoms with E-state index in [2.05, 4.69) is 6.07 Å². The zero-order valence-electron chi connectivity index (χ0n) is 8.60. The van der Waals surface area contributed by atoms with Gasteiger partial charge < -0.3 is 10.8 Å². The van der Waals surface area contributed by atoms with Crippen molar-refractivity contribution < 1.29 is 5.11 Å². The van der Waals surface area contributed by atoms with Crippen molar-refractivity contribution in [1.29, 1.82) is 0 Å². The fraction of sp³-hybridized carbons (Fsp3) is 0.455. The second-order valence-electron chi connectivity index (χ2n) is 3.44. The minimum atomic E-state index is 0.0459. The molecule has 0 spiro atoms. The minimum absolute atomic E-state index is 0.0459. The highest BCUT2D eigenvalue weighted by atomic mass is 32.2. The van der Waals surface area contributed by atoms with Gasteiger partial charge in [0.1, 0.15) is 0 Å². The van der Waals surface area contributed by atoms with E-state index in [9.17, 15) is 0 Å². The van der Waals surface area contributed by atoms with E-state index < -0.39 is 0 Å². The maximum absolute atomic E-state index is 8.97. The zero-order valence-corrected chi connectivity index (χ0v) is 9.42. The summed E-state index contributed by atoms with van der Waals surface area (Å²) >= 11 is 1.67. The summed E-state index contributed by atoms with van der Waals surface area (Å²) in [6, 6.07) is 8.13. The van der Waals surface area contributed by atoms with Crippen LogP contribution in [0.25, 0.3) is 0 Å². The van der Waals surface area contributed by atoms with Crippen LogP contribution in [0.15, 0.2) is 29.2 Å². The van der Waals surface area contributed by atoms with Crippen molar-refractivity contribution in [3.05, 3.63) is 29.8 Å². The van der Waals surface area contributed by atoms with Crippen LogP contribution >= 0.6 is 11.8 Å². The number of aliphatic hydroxyl groups excluding tert-OH is 1. The molecule has 3 heteroatoms. The Balaban J connectivity index is 2.84. The third-order valence-electron chi connectivity index (χ3n) is 1.99. The van der Waals surface area contributed by atoms with Crippen molar-refractivity contribution >= 4 is 11.8 Å². The second-order valence-corrected chi connectivity index (χ2v) is 4.92. The molecule has 0 bridgehead atoms. The quantitative estimate of drug-likeness (QED) is 0.750. The molecule has 0 heterocycles. The van der Waals surface area contributed by atoms with Crippen LogP contribution in [0.2, 0.25) is 0 Å². The summed E-state index contributed by atoms with van der Waals surface area (Å²) in [5, 5.41) is 9.19. The number of hydrogen-bond acceptors (Lipinski definition) is 3. The predicted octanol–water partition coefficient (Wildman–Crippen LogP) is 2.18. The van der Waals surface area contributed by atoms with E-state index in [1.165, 1.54) is 4.90 Å². The normalized spacial score (nSPS) is 15.1. The first-order valence-electron chi connectivity index (χ1n) is 4.77. The number of benzene rings is 1. The molecule has 1 aromatic rings. The second kappa shape index (κ2) is 5.39. The Hall–Kier alpha value is -0.510. The summed E-state index contributed by atoms with van der Waals surface area (Å²) in [6.07, 6.45) is 0. The van der Waals surface area contributed by atoms with E-state index in [0.29, 0.717) is 0 Å². The van der Waals surface area contributed by atoms with Crippen LogP contribution in [-0.2, 0) is 0 Å². The number of hydrogen-bond donors (Lipinski definition) is 2. The lowest BCUT2D eigenvalue weighted by Crippen LogP contribution is -2.08. The smallest absolute Gasteiger partial charge is 0.0550 e. The topological polar surface area (TPSA) is 46.2 Å². The third-order valence-corrected chi connectivity index (χ3v) is 3.17. The van der Waals surface area contributed by atoms with Crippen molar-refractivity contribution in [2.24, 2.45) is 5.73 Å². The van der Waals surface area contributed by atoms with Gasteiger partial charge in [0.05, 0.1) is 6.61 Å². The molecule has 0 saturated heterocycles. The van der Waals surface area contributed by atoms with Gasteiger partial charge in [-0.3, -0.25) is 0 Å². The van der Waals surface area contributed by atoms with Crippen molar-refractivity contribution in [3.8, 4) is 0 Å². The van der Waals surface area contributed by atoms with E-state index in [-0.39, 0.29) is 17.9 Å². The largest absolute Gasteiger partial charge is 0.395 e. The fourth-order valence-electron chi connectivity index (χ4n) is 1.22. The minimum Gasteiger partial charge on any atom is -0.395 e. The summed E-state index contributed by atoms with van der Waals surface area (Å²) in [5.41, 5.74) is 7.01. The SMILES string of the molecule is CC(CO)Sc1ccccc1[C@@H](C)N. The molecule has 0 aromatic heterocycles. The Bertz CT molecular complexity index is 288. The Kier molecular flexibility index (Phi) is 4.45. The molecule has 1 aromatic carbocycles. The van der Waals surface area contributed by atoms with Gasteiger partial charge in [0.25, 0.3) is 0 Å². The molecule has 14 heavy (non-hydrogen) atoms. The molecule has 78 valence electrons. The third kappa shape index (κ3) is 3.01. The highest BCUT2D eigenvalue weighted by molar-refractivity contribution is 8.00. The number of nitrogens with two attached hydrogens (primary N) is 1. The van der Waals surface area contributed by atoms with E-state index in [0.717, 1.165) is 5.56 Å². The maximum Gasteiger partial charge on any atom is 0.0550 e. The Morgan fingerprint density at radius 2 is 2.00 bits per heavy atom. The van der Waals surface area contributed by atoms with Gasteiger partial charge >= 0.3 is 0 Å². The van der Waals surface area contributed by atoms with Gasteiger partial charge in [0.2, 0.25) is 0 Å². The van der Waals surface area contributed by atoms with Crippen LogP contribution in [-0.4, -0.2) is 17.0 Å². The first-order chi connectivity index (χ1) is 6.65. The molecule has 0 radical (unpaired) electrons. The standard InChI is InChI=1S/C11H17NOS/c1-8(7-13)14-11-6-4-3-5-10(11)9(2)12/h3-6,8-9,13H,7,12H2,1-2H3/t8?,9-/m1/s1. The highest BCUT2D eigenvalue weighted by Crippen LogP contribution is 2.29. The molecule has 3 N–H and O–H groups in total. The molecular weight excluding hydrogens is 194 g/mol. The lowest BCUT2D eigenvalue weighted by molar-refractivity contribution is 0.300. The Labute approximate surface area is 89.5 Å². The van der Waals surface area contributed by atoms with E-state index >= 15 is 0 Å². The van der Waals surface area contributed by atoms with Gasteiger partial charge in [-0.2, -0.15) is 0 Å². The Morgan fingerprint density at radius 1 is 1.36 bits per heavy atom. The summed E-state index contributed by atoms with van der Waals surface area (Å²) < 4.78 is 0. The van der Waals surface area contributed by atoms with Gasteiger partial charge in [-0.05, 0) is 18.6 Å². The maximum atomic E-state index is 8.97. The van der Waals surface area contributed by atoms with Gasteiger partial charge in [-0.25, -0.2) is 0 Å². The Morgan fingerprint density at radius 3 is 2.57 bits per heavy atom. The molecule has 0 aliphatic heterocycles. The average molecular weight is 211 g/mol. The molecule has 2 nitrogen and oxygen atoms in total. The van der Waals surface area contributed by atoms with Crippen LogP contribution < -0.4 is 5.73 Å². The fourth-order valence-corrected chi connectivity index (χ4v) is 2.27. The highest BCUT2D eigenvalue weighted by Gasteiger charge is 2.09. The van der Waals surface area contributed by atoms with Crippen LogP contribution in [0.3, 0.4) is 0 Å². The van der Waals surface area contributed by atoms with Crippen molar-refractivity contribution in [2.75, 3.05) is 6.61 Å². The molecule has 1 rings (SSSR count). The monoisotopic (exact) mass is 211 g/mol. The summed E-state index contributed by atoms with van der Waals surface area (Å²) in [7, 11) is 0. The average Bonchev–Trinajstić information content (AvgIpc) is 2.18. The molecule has 2 atom stereocenters. The summed E-state index contributed by atoms with van der Waals surface area (Å²) in [5.74, 6) is 0. The molecular formula is C11H17NOS. The first-order valence-corrected chi connectivity index (χ1v) is 5.65. The molecule has 1 unspecified atom stereocenters. The van der Waals surface area contributed by atoms with Crippen LogP contribution in [0.1, 0.15) is 25.5 Å². The van der Waals surface area contributed by atoms with Crippen molar-refractivity contribution in [2.45, 2.75) is 30.0 Å². The van der Waals surface area contributed by atoms with Gasteiger partial charge in [0.15, 0.2) is 0 Å². The molecule has 0 aliphatic carbocycles. The van der Waals surface area contributed by atoms with Crippen LogP contribution in [0.5, 0.6) is 0 Å². The van der Waals surface area contributed by atoms with Crippen LogP contribution in [0, 0.1) is 0 Å². The van der Waals surface area contributed by atoms with Gasteiger partial charge in [-0.15, -0.1) is 11.8 Å². The van der Waals surface area contributed by atoms with E-state index in [1.807, 2.05) is 32.0 Å². The van der Waals surface area contributed by atoms with Gasteiger partial charge in [-0.1, -0.05) is 25.1 Å². The van der Waals surface area contributed by atoms with Gasteiger partial charge in [0, 0.05) is 16.2 Å². The summed E-state index contributed by atoms with van der Waals surface area (Å²) in [6.45, 7) is 4.17. The molecule has 0 fully saturated rings. The predicted molar refractivity (Wildman–Crippen MR) is 61.4 cm³/mol. The van der Waals surface area contributed by atoms with E-state index in [4.69, 9.17) is 10.8 Å². The number of aliphatic hydroxyl groups is 1. The number of rotatable bonds is 4. The molecule has 0 amide bonds. The molecule has 0 saturated carbocycles. The zero-order chi connectivity index (χ0) is 10.6. The van der Waals surface area contributed by atoms with Crippen molar-refractivity contribution in [3.63, 3.8) is 0 Å². The first kappa shape index (κ1) is 11.6. The summed E-state index contributed by atoms with van der Waals surface area (Å²) in [4.78, 5) is 1.17. The lowest BCUT2D eigenvalue weighted by Gasteiger charge is -2.14. The number of thioether (sulfide) groups is 1. The lowest BCUT2D eigenvalue weighted by atomic mass is 10.1. The van der Waals surface area contributed by atoms with Crippen molar-refractivity contribution in [1.82, 2.24) is 0 Å². The van der Waals surface area contributed by atoms with Crippen LogP contribution in [0.4, 0.5) is 0 Å². The van der Waals surface area contributed by atoms with E-state index in [1.54, 1.807) is 11.8 Å².